The van der Waals surface area contributed by atoms with Gasteiger partial charge in [-0.3, -0.25) is 4.79 Å². The van der Waals surface area contributed by atoms with E-state index in [0.29, 0.717) is 5.69 Å². The van der Waals surface area contributed by atoms with Gasteiger partial charge < -0.3 is 19.9 Å². The highest BCUT2D eigenvalue weighted by molar-refractivity contribution is 5.87. The molecule has 1 heterocycles. The van der Waals surface area contributed by atoms with Gasteiger partial charge in [0, 0.05) is 0 Å². The molecule has 110 valence electrons. The predicted molar refractivity (Wildman–Crippen MR) is 76.2 cm³/mol. The van der Waals surface area contributed by atoms with Crippen molar-refractivity contribution in [3.63, 3.8) is 0 Å². The monoisotopic (exact) mass is 289 g/mol. The highest BCUT2D eigenvalue weighted by Gasteiger charge is 2.17. The topological polar surface area (TPSA) is 99.8 Å². The van der Waals surface area contributed by atoms with Gasteiger partial charge in [-0.25, -0.2) is 4.79 Å². The lowest BCUT2D eigenvalue weighted by Crippen LogP contribution is -2.32. The number of rotatable bonds is 5. The summed E-state index contributed by atoms with van der Waals surface area (Å²) in [4.78, 5) is 23.3. The smallest absolute Gasteiger partial charge is 0.341 e. The zero-order valence-electron chi connectivity index (χ0n) is 11.1. The van der Waals surface area contributed by atoms with Crippen LogP contribution in [0.4, 0.5) is 0 Å². The second-order valence-corrected chi connectivity index (χ2v) is 4.56. The van der Waals surface area contributed by atoms with Crippen LogP contribution in [0.25, 0.3) is 11.3 Å². The molecular formula is C15H15NO5. The van der Waals surface area contributed by atoms with Crippen molar-refractivity contribution in [2.45, 2.75) is 12.6 Å². The van der Waals surface area contributed by atoms with Crippen molar-refractivity contribution in [1.82, 2.24) is 4.57 Å². The maximum atomic E-state index is 12.2. The van der Waals surface area contributed by atoms with Gasteiger partial charge >= 0.3 is 5.97 Å². The summed E-state index contributed by atoms with van der Waals surface area (Å²) >= 11 is 0. The number of aromatic carboxylic acids is 1. The largest absolute Gasteiger partial charge is 0.477 e. The van der Waals surface area contributed by atoms with Crippen LogP contribution in [-0.2, 0) is 6.54 Å². The Balaban J connectivity index is 2.62. The van der Waals surface area contributed by atoms with Gasteiger partial charge in [0.05, 0.1) is 24.9 Å². The molecule has 0 saturated carbocycles. The highest BCUT2D eigenvalue weighted by Crippen LogP contribution is 2.18. The Labute approximate surface area is 120 Å². The summed E-state index contributed by atoms with van der Waals surface area (Å²) in [5.74, 6) is -1.33. The van der Waals surface area contributed by atoms with Gasteiger partial charge in [0.25, 0.3) is 5.56 Å². The fourth-order valence-corrected chi connectivity index (χ4v) is 2.05. The van der Waals surface area contributed by atoms with Gasteiger partial charge in [0.1, 0.15) is 5.56 Å². The normalized spacial score (nSPS) is 12.1. The number of benzene rings is 1. The van der Waals surface area contributed by atoms with Gasteiger partial charge in [0.2, 0.25) is 0 Å². The summed E-state index contributed by atoms with van der Waals surface area (Å²) in [6, 6.07) is 11.7. The van der Waals surface area contributed by atoms with E-state index in [-0.39, 0.29) is 12.1 Å². The molecule has 2 rings (SSSR count). The van der Waals surface area contributed by atoms with Gasteiger partial charge in [-0.05, 0) is 17.7 Å². The fraction of sp³-hybridized carbons (Fsp3) is 0.200. The Kier molecular flexibility index (Phi) is 4.52. The van der Waals surface area contributed by atoms with Crippen molar-refractivity contribution in [1.29, 1.82) is 0 Å². The molecule has 0 aliphatic carbocycles. The molecule has 0 aliphatic heterocycles. The van der Waals surface area contributed by atoms with Gasteiger partial charge in [-0.1, -0.05) is 30.3 Å². The summed E-state index contributed by atoms with van der Waals surface area (Å²) in [6.45, 7) is -0.696. The minimum absolute atomic E-state index is 0.180. The molecule has 1 unspecified atom stereocenters. The molecule has 6 nitrogen and oxygen atoms in total. The number of carboxylic acid groups (broad SMARTS) is 1. The van der Waals surface area contributed by atoms with Crippen molar-refractivity contribution >= 4 is 5.97 Å². The first-order chi connectivity index (χ1) is 10.0. The predicted octanol–water partition coefficient (Wildman–Crippen LogP) is 0.567. The summed E-state index contributed by atoms with van der Waals surface area (Å²) < 4.78 is 1.17. The maximum Gasteiger partial charge on any atom is 0.341 e. The quantitative estimate of drug-likeness (QED) is 0.747. The Hall–Kier alpha value is -2.44. The maximum absolute atomic E-state index is 12.2. The van der Waals surface area contributed by atoms with E-state index in [1.54, 1.807) is 24.3 Å². The first kappa shape index (κ1) is 15.0. The summed E-state index contributed by atoms with van der Waals surface area (Å²) in [5, 5.41) is 27.5. The SMILES string of the molecule is O=C(O)c1ccc(-c2ccccc2)n(CC(O)CO)c1=O. The van der Waals surface area contributed by atoms with Crippen LogP contribution in [-0.4, -0.2) is 38.6 Å². The lowest BCUT2D eigenvalue weighted by Gasteiger charge is -2.16. The van der Waals surface area contributed by atoms with E-state index in [0.717, 1.165) is 5.56 Å². The zero-order valence-corrected chi connectivity index (χ0v) is 11.1. The first-order valence-electron chi connectivity index (χ1n) is 6.36. The van der Waals surface area contributed by atoms with Crippen molar-refractivity contribution in [3.8, 4) is 11.3 Å². The van der Waals surface area contributed by atoms with E-state index in [2.05, 4.69) is 0 Å². The first-order valence-corrected chi connectivity index (χ1v) is 6.36. The Morgan fingerprint density at radius 2 is 1.81 bits per heavy atom. The molecule has 3 N–H and O–H groups in total. The number of pyridine rings is 1. The number of aliphatic hydroxyl groups is 2. The van der Waals surface area contributed by atoms with Crippen LogP contribution >= 0.6 is 0 Å². The van der Waals surface area contributed by atoms with Crippen molar-refractivity contribution in [3.05, 3.63) is 58.4 Å². The summed E-state index contributed by atoms with van der Waals surface area (Å²) in [6.07, 6.45) is -1.14. The molecule has 1 aromatic carbocycles. The van der Waals surface area contributed by atoms with Gasteiger partial charge in [-0.15, -0.1) is 0 Å². The molecule has 1 aromatic heterocycles. The van der Waals surface area contributed by atoms with Gasteiger partial charge in [-0.2, -0.15) is 0 Å². The Bertz CT molecular complexity index is 693. The lowest BCUT2D eigenvalue weighted by molar-refractivity contribution is 0.0688. The van der Waals surface area contributed by atoms with Crippen LogP contribution in [0.5, 0.6) is 0 Å². The van der Waals surface area contributed by atoms with Crippen LogP contribution in [0.15, 0.2) is 47.3 Å². The number of hydrogen-bond acceptors (Lipinski definition) is 4. The molecule has 0 fully saturated rings. The molecule has 0 aliphatic rings. The third-order valence-electron chi connectivity index (χ3n) is 3.08. The number of carboxylic acids is 1. The number of hydrogen-bond donors (Lipinski definition) is 3. The highest BCUT2D eigenvalue weighted by atomic mass is 16.4. The van der Waals surface area contributed by atoms with Crippen LogP contribution in [0.1, 0.15) is 10.4 Å². The molecule has 1 atom stereocenters. The minimum Gasteiger partial charge on any atom is -0.477 e. The average Bonchev–Trinajstić information content (AvgIpc) is 2.49. The van der Waals surface area contributed by atoms with E-state index in [4.69, 9.17) is 10.2 Å². The molecule has 6 heteroatoms. The molecule has 0 amide bonds. The lowest BCUT2D eigenvalue weighted by atomic mass is 10.1. The summed E-state index contributed by atoms with van der Waals surface area (Å²) in [7, 11) is 0. The van der Waals surface area contributed by atoms with Crippen molar-refractivity contribution < 1.29 is 20.1 Å². The van der Waals surface area contributed by atoms with E-state index in [9.17, 15) is 14.7 Å². The van der Waals surface area contributed by atoms with E-state index in [1.807, 2.05) is 6.07 Å². The fourth-order valence-electron chi connectivity index (χ4n) is 2.05. The minimum atomic E-state index is -1.33. The molecule has 2 aromatic rings. The van der Waals surface area contributed by atoms with Crippen LogP contribution in [0, 0.1) is 0 Å². The molecule has 0 bridgehead atoms. The van der Waals surface area contributed by atoms with E-state index >= 15 is 0 Å². The molecule has 21 heavy (non-hydrogen) atoms. The van der Waals surface area contributed by atoms with Crippen LogP contribution in [0.3, 0.4) is 0 Å². The Morgan fingerprint density at radius 1 is 1.14 bits per heavy atom. The molecular weight excluding hydrogens is 274 g/mol. The van der Waals surface area contributed by atoms with Gasteiger partial charge in [0.15, 0.2) is 0 Å². The summed E-state index contributed by atoms with van der Waals surface area (Å²) in [5.41, 5.74) is 0.117. The van der Waals surface area contributed by atoms with Crippen molar-refractivity contribution in [2.24, 2.45) is 0 Å². The third kappa shape index (κ3) is 3.18. The second kappa shape index (κ2) is 6.34. The number of aliphatic hydroxyl groups excluding tert-OH is 2. The number of nitrogens with zero attached hydrogens (tertiary/aromatic N) is 1. The Morgan fingerprint density at radius 3 is 2.38 bits per heavy atom. The molecule has 0 radical (unpaired) electrons. The third-order valence-corrected chi connectivity index (χ3v) is 3.08. The van der Waals surface area contributed by atoms with E-state index in [1.165, 1.54) is 16.7 Å². The molecule has 0 spiro atoms. The van der Waals surface area contributed by atoms with Crippen LogP contribution < -0.4 is 5.56 Å². The standard InChI is InChI=1S/C15H15NO5/c17-9-11(18)8-16-13(10-4-2-1-3-5-10)7-6-12(14(16)19)15(20)21/h1-7,11,17-18H,8-9H2,(H,20,21). The molecule has 0 saturated heterocycles. The van der Waals surface area contributed by atoms with Crippen LogP contribution in [0.2, 0.25) is 0 Å². The second-order valence-electron chi connectivity index (χ2n) is 4.56. The average molecular weight is 289 g/mol. The number of carbonyl (C=O) groups is 1. The van der Waals surface area contributed by atoms with Crippen molar-refractivity contribution in [2.75, 3.05) is 6.61 Å². The van der Waals surface area contributed by atoms with E-state index < -0.39 is 24.2 Å². The zero-order chi connectivity index (χ0) is 15.4. The number of aromatic nitrogens is 1.